The van der Waals surface area contributed by atoms with Crippen molar-refractivity contribution in [3.8, 4) is 11.3 Å². The standard InChI is InChI=1S/C23H26FN4O4P/c1-25-22(29)15-3-4-17(18(24)10-15)21-19(28-6-5-14(13-33)9-20(28)26-21)11-16-12-27(7-8-32-16)23(30)31-2/h3-6,9-10,16H,7-8,11-13,33H2,1-2H3,(H,25,29)/t16-/m0/s1. The first-order chi connectivity index (χ1) is 15.9. The molecule has 4 rings (SSSR count). The summed E-state index contributed by atoms with van der Waals surface area (Å²) in [6.45, 7) is 1.20. The van der Waals surface area contributed by atoms with Crippen molar-refractivity contribution in [1.82, 2.24) is 19.6 Å². The number of fused-ring (bicyclic) bond motifs is 1. The third-order valence-electron chi connectivity index (χ3n) is 5.73. The van der Waals surface area contributed by atoms with Crippen LogP contribution in [0.4, 0.5) is 9.18 Å². The number of ether oxygens (including phenoxy) is 2. The van der Waals surface area contributed by atoms with Gasteiger partial charge in [-0.25, -0.2) is 14.2 Å². The SMILES string of the molecule is CNC(=O)c1ccc(-c2nc3cc(CP)ccn3c2C[C@H]2CN(C(=O)OC)CCO2)c(F)c1. The minimum atomic E-state index is -0.534. The lowest BCUT2D eigenvalue weighted by Gasteiger charge is -2.32. The molecular weight excluding hydrogens is 446 g/mol. The number of aromatic nitrogens is 2. The molecule has 3 heterocycles. The van der Waals surface area contributed by atoms with Crippen LogP contribution in [0.1, 0.15) is 21.6 Å². The Kier molecular flexibility index (Phi) is 6.91. The van der Waals surface area contributed by atoms with Crippen LogP contribution in [0.2, 0.25) is 0 Å². The van der Waals surface area contributed by atoms with Crippen molar-refractivity contribution in [3.63, 3.8) is 0 Å². The molecule has 10 heteroatoms. The predicted molar refractivity (Wildman–Crippen MR) is 125 cm³/mol. The van der Waals surface area contributed by atoms with Gasteiger partial charge in [-0.3, -0.25) is 4.79 Å². The van der Waals surface area contributed by atoms with Crippen molar-refractivity contribution in [1.29, 1.82) is 0 Å². The quantitative estimate of drug-likeness (QED) is 0.578. The second-order valence-electron chi connectivity index (χ2n) is 7.76. The van der Waals surface area contributed by atoms with Crippen molar-refractivity contribution in [2.24, 2.45) is 0 Å². The molecule has 1 saturated heterocycles. The molecule has 1 N–H and O–H groups in total. The van der Waals surface area contributed by atoms with Gasteiger partial charge in [-0.15, -0.1) is 9.24 Å². The summed E-state index contributed by atoms with van der Waals surface area (Å²) in [5.41, 5.74) is 3.56. The van der Waals surface area contributed by atoms with Crippen molar-refractivity contribution in [2.75, 3.05) is 33.9 Å². The van der Waals surface area contributed by atoms with Gasteiger partial charge in [0.05, 0.1) is 37.8 Å². The fraction of sp³-hybridized carbons (Fsp3) is 0.348. The van der Waals surface area contributed by atoms with E-state index in [1.54, 1.807) is 17.0 Å². The Morgan fingerprint density at radius 3 is 2.85 bits per heavy atom. The van der Waals surface area contributed by atoms with Crippen molar-refractivity contribution in [2.45, 2.75) is 18.7 Å². The van der Waals surface area contributed by atoms with Gasteiger partial charge in [0, 0.05) is 37.3 Å². The average molecular weight is 472 g/mol. The maximum absolute atomic E-state index is 15.1. The molecule has 8 nitrogen and oxygen atoms in total. The van der Waals surface area contributed by atoms with Gasteiger partial charge in [-0.1, -0.05) is 0 Å². The molecule has 0 saturated carbocycles. The number of methoxy groups -OCH3 is 1. The van der Waals surface area contributed by atoms with Gasteiger partial charge >= 0.3 is 6.09 Å². The van der Waals surface area contributed by atoms with E-state index >= 15 is 4.39 Å². The zero-order chi connectivity index (χ0) is 23.5. The highest BCUT2D eigenvalue weighted by Crippen LogP contribution is 2.30. The minimum absolute atomic E-state index is 0.235. The fourth-order valence-electron chi connectivity index (χ4n) is 4.02. The highest BCUT2D eigenvalue weighted by atomic mass is 31.0. The first kappa shape index (κ1) is 23.1. The molecule has 1 unspecified atom stereocenters. The highest BCUT2D eigenvalue weighted by Gasteiger charge is 2.28. The van der Waals surface area contributed by atoms with Crippen LogP contribution in [-0.2, 0) is 22.1 Å². The number of benzene rings is 1. The van der Waals surface area contributed by atoms with Gasteiger partial charge < -0.3 is 24.1 Å². The first-order valence-corrected chi connectivity index (χ1v) is 11.4. The first-order valence-electron chi connectivity index (χ1n) is 10.6. The summed E-state index contributed by atoms with van der Waals surface area (Å²) < 4.78 is 27.8. The fourth-order valence-corrected chi connectivity index (χ4v) is 4.28. The largest absolute Gasteiger partial charge is 0.453 e. The van der Waals surface area contributed by atoms with Crippen LogP contribution in [0, 0.1) is 5.82 Å². The maximum atomic E-state index is 15.1. The van der Waals surface area contributed by atoms with Crippen LogP contribution >= 0.6 is 9.24 Å². The Hall–Kier alpha value is -3.03. The number of halogens is 1. The van der Waals surface area contributed by atoms with Gasteiger partial charge in [0.15, 0.2) is 0 Å². The molecule has 2 aromatic heterocycles. The van der Waals surface area contributed by atoms with Crippen LogP contribution in [0.15, 0.2) is 36.5 Å². The molecule has 2 amide bonds. The molecule has 1 aliphatic heterocycles. The highest BCUT2D eigenvalue weighted by molar-refractivity contribution is 7.15. The van der Waals surface area contributed by atoms with Crippen LogP contribution < -0.4 is 5.32 Å². The molecule has 0 radical (unpaired) electrons. The van der Waals surface area contributed by atoms with E-state index in [1.165, 1.54) is 20.2 Å². The number of hydrogen-bond acceptors (Lipinski definition) is 5. The van der Waals surface area contributed by atoms with Crippen molar-refractivity contribution in [3.05, 3.63) is 59.2 Å². The third kappa shape index (κ3) is 4.70. The van der Waals surface area contributed by atoms with E-state index < -0.39 is 11.9 Å². The van der Waals surface area contributed by atoms with E-state index in [0.717, 1.165) is 17.4 Å². The van der Waals surface area contributed by atoms with Crippen LogP contribution in [0.3, 0.4) is 0 Å². The van der Waals surface area contributed by atoms with Gasteiger partial charge in [0.1, 0.15) is 11.5 Å². The number of amides is 2. The lowest BCUT2D eigenvalue weighted by molar-refractivity contribution is -0.0241. The smallest absolute Gasteiger partial charge is 0.409 e. The number of carbonyl (C=O) groups excluding carboxylic acids is 2. The van der Waals surface area contributed by atoms with E-state index in [0.29, 0.717) is 43.0 Å². The molecule has 174 valence electrons. The topological polar surface area (TPSA) is 85.2 Å². The Balaban J connectivity index is 1.76. The third-order valence-corrected chi connectivity index (χ3v) is 6.20. The van der Waals surface area contributed by atoms with Crippen molar-refractivity contribution < 1.29 is 23.5 Å². The van der Waals surface area contributed by atoms with E-state index in [1.807, 2.05) is 22.7 Å². The predicted octanol–water partition coefficient (Wildman–Crippen LogP) is 2.88. The van der Waals surface area contributed by atoms with Crippen LogP contribution in [0.5, 0.6) is 0 Å². The number of rotatable bonds is 5. The summed E-state index contributed by atoms with van der Waals surface area (Å²) in [7, 11) is 5.53. The molecular formula is C23H26FN4O4P. The van der Waals surface area contributed by atoms with Gasteiger partial charge in [-0.05, 0) is 42.1 Å². The molecule has 3 aromatic rings. The summed E-state index contributed by atoms with van der Waals surface area (Å²) in [5, 5.41) is 2.50. The van der Waals surface area contributed by atoms with Gasteiger partial charge in [0.2, 0.25) is 0 Å². The summed E-state index contributed by atoms with van der Waals surface area (Å²) in [4.78, 5) is 30.2. The lowest BCUT2D eigenvalue weighted by Crippen LogP contribution is -2.46. The number of morpholine rings is 1. The van der Waals surface area contributed by atoms with Gasteiger partial charge in [0.25, 0.3) is 5.91 Å². The number of carbonyl (C=O) groups is 2. The second-order valence-corrected chi connectivity index (χ2v) is 8.17. The monoisotopic (exact) mass is 472 g/mol. The second kappa shape index (κ2) is 9.85. The molecule has 33 heavy (non-hydrogen) atoms. The van der Waals surface area contributed by atoms with Crippen LogP contribution in [-0.4, -0.2) is 66.2 Å². The maximum Gasteiger partial charge on any atom is 0.409 e. The Morgan fingerprint density at radius 1 is 1.33 bits per heavy atom. The Morgan fingerprint density at radius 2 is 2.15 bits per heavy atom. The summed E-state index contributed by atoms with van der Waals surface area (Å²) in [5.74, 6) is -0.896. The number of imidazole rings is 1. The number of pyridine rings is 1. The Labute approximate surface area is 193 Å². The molecule has 1 aliphatic rings. The van der Waals surface area contributed by atoms with E-state index in [9.17, 15) is 9.59 Å². The zero-order valence-corrected chi connectivity index (χ0v) is 19.7. The molecule has 1 aromatic carbocycles. The molecule has 0 bridgehead atoms. The average Bonchev–Trinajstić information content (AvgIpc) is 3.19. The molecule has 0 spiro atoms. The molecule has 1 fully saturated rings. The molecule has 0 aliphatic carbocycles. The van der Waals surface area contributed by atoms with Gasteiger partial charge in [-0.2, -0.15) is 0 Å². The minimum Gasteiger partial charge on any atom is -0.453 e. The molecule has 2 atom stereocenters. The number of nitrogens with one attached hydrogen (secondary N) is 1. The summed E-state index contributed by atoms with van der Waals surface area (Å²) in [6.07, 6.45) is 2.40. The normalized spacial score (nSPS) is 16.1. The zero-order valence-electron chi connectivity index (χ0n) is 18.5. The Bertz CT molecular complexity index is 1200. The van der Waals surface area contributed by atoms with E-state index in [-0.39, 0.29) is 17.6 Å². The lowest BCUT2D eigenvalue weighted by atomic mass is 10.0. The number of nitrogens with zero attached hydrogens (tertiary/aromatic N) is 3. The van der Waals surface area contributed by atoms with E-state index in [2.05, 4.69) is 14.6 Å². The summed E-state index contributed by atoms with van der Waals surface area (Å²) in [6, 6.07) is 8.31. The summed E-state index contributed by atoms with van der Waals surface area (Å²) >= 11 is 0. The number of hydrogen-bond donors (Lipinski definition) is 1. The van der Waals surface area contributed by atoms with E-state index in [4.69, 9.17) is 14.5 Å². The van der Waals surface area contributed by atoms with Crippen LogP contribution in [0.25, 0.3) is 16.9 Å². The van der Waals surface area contributed by atoms with Crippen molar-refractivity contribution >= 4 is 26.9 Å².